The van der Waals surface area contributed by atoms with E-state index in [1.165, 1.54) is 11.3 Å². The van der Waals surface area contributed by atoms with E-state index < -0.39 is 0 Å². The van der Waals surface area contributed by atoms with Crippen LogP contribution in [0.3, 0.4) is 0 Å². The van der Waals surface area contributed by atoms with Crippen LogP contribution in [0.15, 0.2) is 19.8 Å². The molecule has 0 saturated heterocycles. The summed E-state index contributed by atoms with van der Waals surface area (Å²) in [5.41, 5.74) is 2.41. The first-order chi connectivity index (χ1) is 8.49. The lowest BCUT2D eigenvalue weighted by Gasteiger charge is -2.12. The maximum atomic E-state index is 12.0. The summed E-state index contributed by atoms with van der Waals surface area (Å²) >= 11 is 4.83. The van der Waals surface area contributed by atoms with Gasteiger partial charge >= 0.3 is 0 Å². The van der Waals surface area contributed by atoms with Crippen molar-refractivity contribution in [1.82, 2.24) is 10.5 Å². The maximum Gasteiger partial charge on any atom is 0.252 e. The van der Waals surface area contributed by atoms with Gasteiger partial charge in [0.1, 0.15) is 5.76 Å². The van der Waals surface area contributed by atoms with Crippen LogP contribution >= 0.6 is 27.3 Å². The molecule has 1 unspecified atom stereocenters. The molecular formula is C12H13BrN2O2S. The van der Waals surface area contributed by atoms with Crippen molar-refractivity contribution in [3.8, 4) is 0 Å². The van der Waals surface area contributed by atoms with Gasteiger partial charge in [0.05, 0.1) is 21.1 Å². The fraction of sp³-hybridized carbons (Fsp3) is 0.333. The quantitative estimate of drug-likeness (QED) is 0.936. The number of carbonyl (C=O) groups excluding carboxylic acids is 1. The highest BCUT2D eigenvalue weighted by molar-refractivity contribution is 9.11. The van der Waals surface area contributed by atoms with E-state index in [2.05, 4.69) is 26.4 Å². The van der Waals surface area contributed by atoms with Crippen molar-refractivity contribution in [3.05, 3.63) is 37.8 Å². The lowest BCUT2D eigenvalue weighted by atomic mass is 10.1. The molecule has 2 heterocycles. The van der Waals surface area contributed by atoms with Crippen LogP contribution in [-0.2, 0) is 0 Å². The minimum atomic E-state index is -0.123. The Bertz CT molecular complexity index is 557. The molecule has 4 nitrogen and oxygen atoms in total. The van der Waals surface area contributed by atoms with E-state index in [9.17, 15) is 4.79 Å². The van der Waals surface area contributed by atoms with Gasteiger partial charge in [-0.05, 0) is 42.8 Å². The molecular weight excluding hydrogens is 316 g/mol. The summed E-state index contributed by atoms with van der Waals surface area (Å²) in [5.74, 6) is 0.649. The van der Waals surface area contributed by atoms with Crippen LogP contribution in [0.2, 0.25) is 0 Å². The number of aromatic nitrogens is 1. The van der Waals surface area contributed by atoms with Gasteiger partial charge in [-0.3, -0.25) is 4.79 Å². The standard InChI is InChI=1S/C12H13BrN2O2S/c1-6(11-7(2)15-17-8(11)3)14-12(16)9-4-10(13)18-5-9/h4-6H,1-3H3,(H,14,16). The Morgan fingerprint density at radius 1 is 1.56 bits per heavy atom. The van der Waals surface area contributed by atoms with Crippen LogP contribution in [0.4, 0.5) is 0 Å². The van der Waals surface area contributed by atoms with Gasteiger partial charge in [0.15, 0.2) is 0 Å². The number of thiophene rings is 1. The van der Waals surface area contributed by atoms with Crippen molar-refractivity contribution < 1.29 is 9.32 Å². The summed E-state index contributed by atoms with van der Waals surface area (Å²) in [7, 11) is 0. The summed E-state index contributed by atoms with van der Waals surface area (Å²) in [5, 5.41) is 8.65. The zero-order valence-electron chi connectivity index (χ0n) is 10.3. The fourth-order valence-electron chi connectivity index (χ4n) is 1.89. The molecule has 1 N–H and O–H groups in total. The molecule has 1 amide bonds. The molecule has 0 aromatic carbocycles. The van der Waals surface area contributed by atoms with Crippen molar-refractivity contribution in [1.29, 1.82) is 0 Å². The van der Waals surface area contributed by atoms with Gasteiger partial charge in [0, 0.05) is 10.9 Å². The highest BCUT2D eigenvalue weighted by atomic mass is 79.9. The molecule has 0 spiro atoms. The van der Waals surface area contributed by atoms with Gasteiger partial charge in [0.25, 0.3) is 5.91 Å². The minimum Gasteiger partial charge on any atom is -0.361 e. The lowest BCUT2D eigenvalue weighted by molar-refractivity contribution is 0.0940. The molecule has 0 aliphatic carbocycles. The zero-order chi connectivity index (χ0) is 13.3. The van der Waals surface area contributed by atoms with Crippen LogP contribution in [0, 0.1) is 13.8 Å². The number of hydrogen-bond donors (Lipinski definition) is 1. The first kappa shape index (κ1) is 13.3. The van der Waals surface area contributed by atoms with Crippen LogP contribution in [0.25, 0.3) is 0 Å². The summed E-state index contributed by atoms with van der Waals surface area (Å²) < 4.78 is 6.04. The van der Waals surface area contributed by atoms with Crippen molar-refractivity contribution in [2.75, 3.05) is 0 Å². The van der Waals surface area contributed by atoms with Crippen LogP contribution in [0.5, 0.6) is 0 Å². The summed E-state index contributed by atoms with van der Waals surface area (Å²) in [6, 6.07) is 1.68. The Labute approximate surface area is 117 Å². The van der Waals surface area contributed by atoms with Crippen molar-refractivity contribution >= 4 is 33.2 Å². The number of nitrogens with zero attached hydrogens (tertiary/aromatic N) is 1. The zero-order valence-corrected chi connectivity index (χ0v) is 12.7. The van der Waals surface area contributed by atoms with Gasteiger partial charge in [-0.1, -0.05) is 5.16 Å². The summed E-state index contributed by atoms with van der Waals surface area (Å²) in [6.07, 6.45) is 0. The first-order valence-electron chi connectivity index (χ1n) is 5.46. The van der Waals surface area contributed by atoms with Crippen molar-refractivity contribution in [2.24, 2.45) is 0 Å². The second kappa shape index (κ2) is 5.24. The Morgan fingerprint density at radius 3 is 2.78 bits per heavy atom. The average molecular weight is 329 g/mol. The Hall–Kier alpha value is -1.14. The van der Waals surface area contributed by atoms with Crippen molar-refractivity contribution in [2.45, 2.75) is 26.8 Å². The average Bonchev–Trinajstić information content (AvgIpc) is 2.85. The van der Waals surface area contributed by atoms with E-state index in [0.717, 1.165) is 20.8 Å². The number of amides is 1. The van der Waals surface area contributed by atoms with Gasteiger partial charge < -0.3 is 9.84 Å². The van der Waals surface area contributed by atoms with Crippen LogP contribution < -0.4 is 5.32 Å². The van der Waals surface area contributed by atoms with E-state index in [0.29, 0.717) is 5.56 Å². The third-order valence-corrected chi connectivity index (χ3v) is 4.20. The van der Waals surface area contributed by atoms with E-state index >= 15 is 0 Å². The predicted molar refractivity (Wildman–Crippen MR) is 73.9 cm³/mol. The maximum absolute atomic E-state index is 12.0. The lowest BCUT2D eigenvalue weighted by Crippen LogP contribution is -2.26. The number of halogens is 1. The number of aryl methyl sites for hydroxylation is 2. The molecule has 0 fully saturated rings. The molecule has 0 aliphatic heterocycles. The van der Waals surface area contributed by atoms with Gasteiger partial charge in [-0.25, -0.2) is 0 Å². The second-order valence-corrected chi connectivity index (χ2v) is 6.36. The molecule has 0 aliphatic rings. The SMILES string of the molecule is Cc1noc(C)c1C(C)NC(=O)c1csc(Br)c1. The normalized spacial score (nSPS) is 12.4. The minimum absolute atomic E-state index is 0.0931. The smallest absolute Gasteiger partial charge is 0.252 e. The molecule has 96 valence electrons. The fourth-order valence-corrected chi connectivity index (χ4v) is 3.03. The summed E-state index contributed by atoms with van der Waals surface area (Å²) in [4.78, 5) is 12.0. The highest BCUT2D eigenvalue weighted by Crippen LogP contribution is 2.23. The number of rotatable bonds is 3. The third-order valence-electron chi connectivity index (χ3n) is 2.70. The highest BCUT2D eigenvalue weighted by Gasteiger charge is 2.19. The molecule has 1 atom stereocenters. The number of nitrogens with one attached hydrogen (secondary N) is 1. The third kappa shape index (κ3) is 2.64. The van der Waals surface area contributed by atoms with E-state index in [4.69, 9.17) is 4.52 Å². The molecule has 2 rings (SSSR count). The van der Waals surface area contributed by atoms with E-state index in [1.807, 2.05) is 26.2 Å². The second-order valence-electron chi connectivity index (χ2n) is 4.07. The van der Waals surface area contributed by atoms with Crippen LogP contribution in [-0.4, -0.2) is 11.1 Å². The largest absolute Gasteiger partial charge is 0.361 e. The Balaban J connectivity index is 2.13. The van der Waals surface area contributed by atoms with Crippen LogP contribution in [0.1, 0.15) is 40.3 Å². The van der Waals surface area contributed by atoms with E-state index in [-0.39, 0.29) is 11.9 Å². The molecule has 6 heteroatoms. The van der Waals surface area contributed by atoms with Gasteiger partial charge in [-0.2, -0.15) is 0 Å². The molecule has 2 aromatic rings. The molecule has 18 heavy (non-hydrogen) atoms. The number of carbonyl (C=O) groups is 1. The Kier molecular flexibility index (Phi) is 3.87. The van der Waals surface area contributed by atoms with Gasteiger partial charge in [0.2, 0.25) is 0 Å². The molecule has 0 radical (unpaired) electrons. The molecule has 0 bridgehead atoms. The summed E-state index contributed by atoms with van der Waals surface area (Å²) in [6.45, 7) is 5.64. The topological polar surface area (TPSA) is 55.1 Å². The molecule has 0 saturated carbocycles. The Morgan fingerprint density at radius 2 is 2.28 bits per heavy atom. The first-order valence-corrected chi connectivity index (χ1v) is 7.14. The number of hydrogen-bond acceptors (Lipinski definition) is 4. The van der Waals surface area contributed by atoms with E-state index in [1.54, 1.807) is 6.07 Å². The monoisotopic (exact) mass is 328 g/mol. The van der Waals surface area contributed by atoms with Gasteiger partial charge in [-0.15, -0.1) is 11.3 Å². The predicted octanol–water partition coefficient (Wildman–Crippen LogP) is 3.61. The molecule has 2 aromatic heterocycles. The van der Waals surface area contributed by atoms with Crippen molar-refractivity contribution in [3.63, 3.8) is 0 Å².